The van der Waals surface area contributed by atoms with Gasteiger partial charge in [0.25, 0.3) is 5.56 Å². The SMILES string of the molecule is Cn1c(=O)n(CF)c(=O)c2[nH]c(Cc3ccc(C(=O)c4ccc(Cl)cc4)cc3)nc21. The van der Waals surface area contributed by atoms with E-state index in [0.29, 0.717) is 33.0 Å². The zero-order chi connectivity index (χ0) is 21.4. The van der Waals surface area contributed by atoms with Crippen molar-refractivity contribution in [1.82, 2.24) is 19.1 Å². The standard InChI is InChI=1S/C21H16ClFN4O3/c1-26-19-17(20(29)27(11-23)21(26)30)24-16(25-19)10-12-2-4-13(5-3-12)18(28)14-6-8-15(22)9-7-14/h2-9H,10-11H2,1H3,(H,24,25). The van der Waals surface area contributed by atoms with Gasteiger partial charge in [-0.1, -0.05) is 35.9 Å². The van der Waals surface area contributed by atoms with Crippen LogP contribution in [0.15, 0.2) is 58.1 Å². The fourth-order valence-corrected chi connectivity index (χ4v) is 3.35. The van der Waals surface area contributed by atoms with E-state index in [0.717, 1.165) is 10.1 Å². The number of halogens is 2. The van der Waals surface area contributed by atoms with Crippen molar-refractivity contribution in [2.75, 3.05) is 0 Å². The van der Waals surface area contributed by atoms with E-state index in [4.69, 9.17) is 11.6 Å². The first kappa shape index (κ1) is 19.8. The van der Waals surface area contributed by atoms with Gasteiger partial charge in [0, 0.05) is 29.6 Å². The molecule has 2 aromatic carbocycles. The number of aromatic amines is 1. The van der Waals surface area contributed by atoms with Crippen molar-refractivity contribution in [1.29, 1.82) is 0 Å². The van der Waals surface area contributed by atoms with Crippen LogP contribution in [0.5, 0.6) is 0 Å². The van der Waals surface area contributed by atoms with Crippen molar-refractivity contribution in [3.63, 3.8) is 0 Å². The van der Waals surface area contributed by atoms with E-state index in [1.54, 1.807) is 48.5 Å². The lowest BCUT2D eigenvalue weighted by molar-refractivity contribution is 0.103. The Hall–Kier alpha value is -3.52. The summed E-state index contributed by atoms with van der Waals surface area (Å²) in [6, 6.07) is 13.7. The summed E-state index contributed by atoms with van der Waals surface area (Å²) in [7, 11) is 1.43. The summed E-state index contributed by atoms with van der Waals surface area (Å²) in [5.41, 5.74) is 0.626. The van der Waals surface area contributed by atoms with Crippen LogP contribution in [0, 0.1) is 0 Å². The van der Waals surface area contributed by atoms with Crippen molar-refractivity contribution in [2.24, 2.45) is 7.05 Å². The van der Waals surface area contributed by atoms with E-state index in [2.05, 4.69) is 9.97 Å². The molecule has 0 saturated heterocycles. The van der Waals surface area contributed by atoms with Crippen molar-refractivity contribution in [2.45, 2.75) is 13.2 Å². The normalized spacial score (nSPS) is 11.2. The fraction of sp³-hybridized carbons (Fsp3) is 0.143. The summed E-state index contributed by atoms with van der Waals surface area (Å²) in [4.78, 5) is 44.0. The lowest BCUT2D eigenvalue weighted by Gasteiger charge is -2.03. The highest BCUT2D eigenvalue weighted by Crippen LogP contribution is 2.16. The highest BCUT2D eigenvalue weighted by molar-refractivity contribution is 6.30. The van der Waals surface area contributed by atoms with Gasteiger partial charge >= 0.3 is 5.69 Å². The molecule has 0 fully saturated rings. The summed E-state index contributed by atoms with van der Waals surface area (Å²) < 4.78 is 14.7. The Labute approximate surface area is 174 Å². The molecule has 4 rings (SSSR count). The zero-order valence-corrected chi connectivity index (χ0v) is 16.6. The van der Waals surface area contributed by atoms with Gasteiger partial charge in [-0.05, 0) is 29.8 Å². The number of hydrogen-bond donors (Lipinski definition) is 1. The molecule has 0 aliphatic rings. The molecule has 2 heterocycles. The minimum Gasteiger partial charge on any atom is -0.336 e. The molecule has 0 aliphatic carbocycles. The quantitative estimate of drug-likeness (QED) is 0.497. The Bertz CT molecular complexity index is 1370. The van der Waals surface area contributed by atoms with E-state index in [1.165, 1.54) is 7.05 Å². The molecule has 0 aliphatic heterocycles. The third kappa shape index (κ3) is 3.46. The van der Waals surface area contributed by atoms with Gasteiger partial charge in [-0.15, -0.1) is 0 Å². The maximum absolute atomic E-state index is 13.0. The Morgan fingerprint density at radius 1 is 1.07 bits per heavy atom. The molecule has 152 valence electrons. The van der Waals surface area contributed by atoms with Gasteiger partial charge in [-0.2, -0.15) is 0 Å². The number of fused-ring (bicyclic) bond motifs is 1. The zero-order valence-electron chi connectivity index (χ0n) is 15.9. The molecule has 0 saturated carbocycles. The van der Waals surface area contributed by atoms with Gasteiger partial charge in [-0.25, -0.2) is 18.7 Å². The van der Waals surface area contributed by atoms with E-state index in [9.17, 15) is 18.8 Å². The van der Waals surface area contributed by atoms with Crippen LogP contribution in [-0.4, -0.2) is 24.9 Å². The monoisotopic (exact) mass is 426 g/mol. The smallest absolute Gasteiger partial charge is 0.334 e. The maximum Gasteiger partial charge on any atom is 0.334 e. The lowest BCUT2D eigenvalue weighted by Crippen LogP contribution is -2.38. The van der Waals surface area contributed by atoms with Crippen molar-refractivity contribution in [3.05, 3.63) is 96.9 Å². The van der Waals surface area contributed by atoms with Gasteiger partial charge in [0.1, 0.15) is 11.3 Å². The average Bonchev–Trinajstić information content (AvgIpc) is 3.17. The van der Waals surface area contributed by atoms with Crippen LogP contribution in [0.2, 0.25) is 5.02 Å². The topological polar surface area (TPSA) is 89.8 Å². The molecule has 0 atom stereocenters. The van der Waals surface area contributed by atoms with Crippen LogP contribution < -0.4 is 11.2 Å². The summed E-state index contributed by atoms with van der Waals surface area (Å²) in [5.74, 6) is 0.328. The van der Waals surface area contributed by atoms with Crippen LogP contribution in [0.25, 0.3) is 11.2 Å². The Morgan fingerprint density at radius 2 is 1.67 bits per heavy atom. The second kappa shape index (κ2) is 7.72. The number of carbonyl (C=O) groups excluding carboxylic acids is 1. The third-order valence-corrected chi connectivity index (χ3v) is 5.09. The molecule has 0 radical (unpaired) electrons. The average molecular weight is 427 g/mol. The highest BCUT2D eigenvalue weighted by Gasteiger charge is 2.15. The van der Waals surface area contributed by atoms with Gasteiger partial charge in [0.15, 0.2) is 18.2 Å². The molecule has 30 heavy (non-hydrogen) atoms. The Kier molecular flexibility index (Phi) is 5.09. The lowest BCUT2D eigenvalue weighted by atomic mass is 10.0. The fourth-order valence-electron chi connectivity index (χ4n) is 3.22. The number of ketones is 1. The number of H-pyrrole nitrogens is 1. The minimum absolute atomic E-state index is 0.0688. The predicted molar refractivity (Wildman–Crippen MR) is 111 cm³/mol. The van der Waals surface area contributed by atoms with Gasteiger partial charge in [0.05, 0.1) is 0 Å². The second-order valence-corrected chi connectivity index (χ2v) is 7.22. The van der Waals surface area contributed by atoms with E-state index < -0.39 is 18.0 Å². The molecule has 0 spiro atoms. The molecule has 0 unspecified atom stereocenters. The minimum atomic E-state index is -1.21. The molecule has 0 bridgehead atoms. The Balaban J connectivity index is 1.61. The van der Waals surface area contributed by atoms with Gasteiger partial charge in [-0.3, -0.25) is 14.2 Å². The number of carbonyl (C=O) groups is 1. The van der Waals surface area contributed by atoms with Crippen LogP contribution in [0.1, 0.15) is 27.3 Å². The molecule has 9 heteroatoms. The molecule has 1 N–H and O–H groups in total. The summed E-state index contributed by atoms with van der Waals surface area (Å²) in [6.45, 7) is -1.21. The molecular formula is C21H16ClFN4O3. The Morgan fingerprint density at radius 3 is 2.27 bits per heavy atom. The van der Waals surface area contributed by atoms with Crippen LogP contribution >= 0.6 is 11.6 Å². The summed E-state index contributed by atoms with van der Waals surface area (Å²) >= 11 is 5.86. The van der Waals surface area contributed by atoms with Crippen molar-refractivity contribution in [3.8, 4) is 0 Å². The van der Waals surface area contributed by atoms with Crippen LogP contribution in [-0.2, 0) is 20.3 Å². The number of aromatic nitrogens is 4. The van der Waals surface area contributed by atoms with E-state index in [1.807, 2.05) is 0 Å². The van der Waals surface area contributed by atoms with Gasteiger partial charge < -0.3 is 4.98 Å². The number of nitrogens with zero attached hydrogens (tertiary/aromatic N) is 3. The second-order valence-electron chi connectivity index (χ2n) is 6.79. The van der Waals surface area contributed by atoms with Crippen LogP contribution in [0.3, 0.4) is 0 Å². The number of nitrogens with one attached hydrogen (secondary N) is 1. The van der Waals surface area contributed by atoms with Crippen molar-refractivity contribution >= 4 is 28.5 Å². The van der Waals surface area contributed by atoms with Gasteiger partial charge in [0.2, 0.25) is 0 Å². The third-order valence-electron chi connectivity index (χ3n) is 4.84. The first-order valence-electron chi connectivity index (χ1n) is 9.02. The predicted octanol–water partition coefficient (Wildman–Crippen LogP) is 2.83. The number of aryl methyl sites for hydroxylation is 1. The molecule has 7 nitrogen and oxygen atoms in total. The molecule has 0 amide bonds. The largest absolute Gasteiger partial charge is 0.336 e. The maximum atomic E-state index is 13.0. The number of alkyl halides is 1. The number of rotatable bonds is 5. The van der Waals surface area contributed by atoms with Crippen LogP contribution in [0.4, 0.5) is 4.39 Å². The van der Waals surface area contributed by atoms with Crippen molar-refractivity contribution < 1.29 is 9.18 Å². The van der Waals surface area contributed by atoms with E-state index >= 15 is 0 Å². The molecule has 2 aromatic heterocycles. The number of imidazole rings is 1. The first-order valence-corrected chi connectivity index (χ1v) is 9.40. The van der Waals surface area contributed by atoms with E-state index in [-0.39, 0.29) is 16.9 Å². The molecular weight excluding hydrogens is 411 g/mol. The number of benzene rings is 2. The summed E-state index contributed by atoms with van der Waals surface area (Å²) in [5, 5.41) is 0.559. The summed E-state index contributed by atoms with van der Waals surface area (Å²) in [6.07, 6.45) is 0.341. The highest BCUT2D eigenvalue weighted by atomic mass is 35.5. The first-order chi connectivity index (χ1) is 14.4. The molecule has 4 aromatic rings. The number of hydrogen-bond acceptors (Lipinski definition) is 4.